The van der Waals surface area contributed by atoms with E-state index < -0.39 is 0 Å². The highest BCUT2D eigenvalue weighted by Gasteiger charge is 2.05. The van der Waals surface area contributed by atoms with E-state index in [1.54, 1.807) is 0 Å². The Bertz CT molecular complexity index is 1370. The molecule has 0 aliphatic rings. The minimum Gasteiger partial charge on any atom is -0.171 e. The fourth-order valence-electron chi connectivity index (χ4n) is 4.19. The Labute approximate surface area is 209 Å². The fourth-order valence-corrected chi connectivity index (χ4v) is 4.35. The van der Waals surface area contributed by atoms with E-state index in [4.69, 9.17) is 0 Å². The summed E-state index contributed by atoms with van der Waals surface area (Å²) >= 11 is 4.57. The van der Waals surface area contributed by atoms with Gasteiger partial charge in [-0.1, -0.05) is 129 Å². The van der Waals surface area contributed by atoms with E-state index in [1.165, 1.54) is 44.2 Å². The third-order valence-corrected chi connectivity index (χ3v) is 6.51. The summed E-state index contributed by atoms with van der Waals surface area (Å²) in [6.07, 6.45) is 6.59. The summed E-state index contributed by atoms with van der Waals surface area (Å²) in [5.74, 6) is 0. The summed E-state index contributed by atoms with van der Waals surface area (Å²) in [5.41, 5.74) is 8.79. The summed E-state index contributed by atoms with van der Waals surface area (Å²) in [6.45, 7) is 8.47. The van der Waals surface area contributed by atoms with Gasteiger partial charge in [-0.05, 0) is 62.7 Å². The molecule has 0 saturated heterocycles. The Morgan fingerprint density at radius 3 is 2.03 bits per heavy atom. The molecule has 0 heterocycles. The van der Waals surface area contributed by atoms with Crippen molar-refractivity contribution in [3.05, 3.63) is 125 Å². The first-order chi connectivity index (χ1) is 16.5. The van der Waals surface area contributed by atoms with Crippen molar-refractivity contribution in [1.82, 2.24) is 0 Å². The molecule has 34 heavy (non-hydrogen) atoms. The van der Waals surface area contributed by atoms with Crippen LogP contribution in [0, 0.1) is 0 Å². The standard InChI is InChI=1S/C33H32S/c1-4-8-27(14-13-26-10-6-5-9-24(26)2)28-15-17-29(18-16-28)30-19-21-31(22-20-30)33-12-7-11-32(23-33)25(3)34/h5-7,9-23,25,34H,2,4,8H2,1,3H3/b26-13-,27-14+. The van der Waals surface area contributed by atoms with Gasteiger partial charge in [-0.2, -0.15) is 12.6 Å². The predicted octanol–water partition coefficient (Wildman–Crippen LogP) is 8.09. The zero-order valence-corrected chi connectivity index (χ0v) is 20.9. The first-order valence-corrected chi connectivity index (χ1v) is 12.5. The summed E-state index contributed by atoms with van der Waals surface area (Å²) in [4.78, 5) is 0. The van der Waals surface area contributed by atoms with Gasteiger partial charge in [-0.25, -0.2) is 0 Å². The maximum atomic E-state index is 4.57. The molecule has 0 nitrogen and oxygen atoms in total. The highest BCUT2D eigenvalue weighted by molar-refractivity contribution is 7.80. The van der Waals surface area contributed by atoms with Crippen LogP contribution in [0.4, 0.5) is 0 Å². The number of hydrogen-bond donors (Lipinski definition) is 1. The maximum Gasteiger partial charge on any atom is 0.0239 e. The van der Waals surface area contributed by atoms with Gasteiger partial charge in [0.25, 0.3) is 0 Å². The molecule has 0 bridgehead atoms. The molecule has 0 N–H and O–H groups in total. The van der Waals surface area contributed by atoms with Crippen LogP contribution in [-0.4, -0.2) is 0 Å². The third-order valence-electron chi connectivity index (χ3n) is 6.21. The Hall–Kier alpha value is -3.29. The number of hydrogen-bond acceptors (Lipinski definition) is 1. The van der Waals surface area contributed by atoms with Crippen LogP contribution in [0.3, 0.4) is 0 Å². The van der Waals surface area contributed by atoms with E-state index in [0.717, 1.165) is 18.1 Å². The van der Waals surface area contributed by atoms with Gasteiger partial charge in [-0.3, -0.25) is 0 Å². The van der Waals surface area contributed by atoms with Crippen molar-refractivity contribution in [3.8, 4) is 22.3 Å². The van der Waals surface area contributed by atoms with E-state index >= 15 is 0 Å². The smallest absolute Gasteiger partial charge is 0.0239 e. The van der Waals surface area contributed by atoms with Crippen LogP contribution in [-0.2, 0) is 0 Å². The van der Waals surface area contributed by atoms with Crippen LogP contribution in [0.25, 0.3) is 40.5 Å². The van der Waals surface area contributed by atoms with Crippen molar-refractivity contribution in [1.29, 1.82) is 0 Å². The van der Waals surface area contributed by atoms with Crippen LogP contribution in [0.1, 0.15) is 43.1 Å². The fraction of sp³-hybridized carbons (Fsp3) is 0.152. The van der Waals surface area contributed by atoms with Crippen LogP contribution in [0.2, 0.25) is 0 Å². The molecule has 1 unspecified atom stereocenters. The van der Waals surface area contributed by atoms with Gasteiger partial charge in [-0.15, -0.1) is 0 Å². The molecule has 0 spiro atoms. The first-order valence-electron chi connectivity index (χ1n) is 12.0. The zero-order valence-electron chi connectivity index (χ0n) is 20.0. The zero-order chi connectivity index (χ0) is 23.9. The lowest BCUT2D eigenvalue weighted by Gasteiger charge is -2.10. The highest BCUT2D eigenvalue weighted by Crippen LogP contribution is 2.29. The molecule has 0 saturated carbocycles. The molecule has 0 fully saturated rings. The molecule has 1 heteroatoms. The summed E-state index contributed by atoms with van der Waals surface area (Å²) in [6, 6.07) is 34.7. The monoisotopic (exact) mass is 460 g/mol. The van der Waals surface area contributed by atoms with Crippen molar-refractivity contribution in [2.45, 2.75) is 31.9 Å². The Morgan fingerprint density at radius 2 is 1.41 bits per heavy atom. The Morgan fingerprint density at radius 1 is 0.794 bits per heavy atom. The SMILES string of the molecule is C=c1cccc/c1=C/C=C(\CCC)c1ccc(-c2ccc(-c3cccc(C(C)S)c3)cc2)cc1. The van der Waals surface area contributed by atoms with Crippen molar-refractivity contribution in [3.63, 3.8) is 0 Å². The maximum absolute atomic E-state index is 4.57. The number of rotatable bonds is 7. The van der Waals surface area contributed by atoms with Crippen molar-refractivity contribution >= 4 is 30.9 Å². The van der Waals surface area contributed by atoms with E-state index in [2.05, 4.69) is 136 Å². The molecular formula is C33H32S. The normalized spacial score (nSPS) is 13.1. The molecule has 1 atom stereocenters. The number of allylic oxidation sites excluding steroid dienone is 2. The topological polar surface area (TPSA) is 0 Å². The second kappa shape index (κ2) is 11.2. The van der Waals surface area contributed by atoms with Crippen LogP contribution >= 0.6 is 12.6 Å². The van der Waals surface area contributed by atoms with Crippen LogP contribution < -0.4 is 10.4 Å². The van der Waals surface area contributed by atoms with Gasteiger partial charge < -0.3 is 0 Å². The Kier molecular flexibility index (Phi) is 7.87. The van der Waals surface area contributed by atoms with Gasteiger partial charge in [0.2, 0.25) is 0 Å². The minimum atomic E-state index is 0.232. The van der Waals surface area contributed by atoms with Crippen LogP contribution in [0.15, 0.2) is 103 Å². The highest BCUT2D eigenvalue weighted by atomic mass is 32.1. The molecule has 0 aliphatic carbocycles. The average molecular weight is 461 g/mol. The van der Waals surface area contributed by atoms with E-state index in [1.807, 2.05) is 6.07 Å². The predicted molar refractivity (Wildman–Crippen MR) is 153 cm³/mol. The van der Waals surface area contributed by atoms with Crippen LogP contribution in [0.5, 0.6) is 0 Å². The second-order valence-electron chi connectivity index (χ2n) is 8.76. The van der Waals surface area contributed by atoms with Gasteiger partial charge in [0, 0.05) is 5.25 Å². The van der Waals surface area contributed by atoms with E-state index in [0.29, 0.717) is 0 Å². The average Bonchev–Trinajstić information content (AvgIpc) is 2.88. The number of thiol groups is 1. The van der Waals surface area contributed by atoms with E-state index in [-0.39, 0.29) is 5.25 Å². The lowest BCUT2D eigenvalue weighted by molar-refractivity contribution is 0.974. The summed E-state index contributed by atoms with van der Waals surface area (Å²) < 4.78 is 0. The lowest BCUT2D eigenvalue weighted by Crippen LogP contribution is -2.21. The Balaban J connectivity index is 1.57. The molecular weight excluding hydrogens is 428 g/mol. The number of benzene rings is 4. The quantitative estimate of drug-likeness (QED) is 0.265. The van der Waals surface area contributed by atoms with E-state index in [9.17, 15) is 0 Å². The minimum absolute atomic E-state index is 0.232. The van der Waals surface area contributed by atoms with Crippen molar-refractivity contribution in [2.24, 2.45) is 0 Å². The third kappa shape index (κ3) is 5.79. The molecule has 4 aromatic carbocycles. The van der Waals surface area contributed by atoms with Crippen molar-refractivity contribution < 1.29 is 0 Å². The lowest BCUT2D eigenvalue weighted by atomic mass is 9.96. The second-order valence-corrected chi connectivity index (χ2v) is 9.54. The van der Waals surface area contributed by atoms with Crippen molar-refractivity contribution in [2.75, 3.05) is 0 Å². The van der Waals surface area contributed by atoms with Gasteiger partial charge in [0.05, 0.1) is 0 Å². The molecule has 0 radical (unpaired) electrons. The van der Waals surface area contributed by atoms with Gasteiger partial charge in [0.1, 0.15) is 0 Å². The molecule has 4 rings (SSSR count). The molecule has 0 aliphatic heterocycles. The summed E-state index contributed by atoms with van der Waals surface area (Å²) in [5, 5.41) is 2.46. The summed E-state index contributed by atoms with van der Waals surface area (Å²) in [7, 11) is 0. The largest absolute Gasteiger partial charge is 0.171 e. The molecule has 170 valence electrons. The molecule has 0 aromatic heterocycles. The first kappa shape index (κ1) is 23.9. The molecule has 4 aromatic rings. The molecule has 0 amide bonds. The van der Waals surface area contributed by atoms with Gasteiger partial charge >= 0.3 is 0 Å². The van der Waals surface area contributed by atoms with Gasteiger partial charge in [0.15, 0.2) is 0 Å².